The summed E-state index contributed by atoms with van der Waals surface area (Å²) in [4.78, 5) is 31.4. The van der Waals surface area contributed by atoms with Gasteiger partial charge in [0.05, 0.1) is 4.90 Å². The number of nitrogens with one attached hydrogen (secondary N) is 1. The number of amides is 1. The van der Waals surface area contributed by atoms with Crippen LogP contribution in [0.1, 0.15) is 26.3 Å². The lowest BCUT2D eigenvalue weighted by Gasteiger charge is -2.23. The highest BCUT2D eigenvalue weighted by molar-refractivity contribution is 7.86. The SMILES string of the molecule is CC(C)(C)OC(=O)[C@@H](Cc1ccccc1)C(=O)Nc1sc(-c2ccccc2)nc1-c1ccc(S(=O)(=O)ON)cc1. The fraction of sp³-hybridized carbons (Fsp3) is 0.207. The van der Waals surface area contributed by atoms with Crippen molar-refractivity contribution in [1.29, 1.82) is 0 Å². The van der Waals surface area contributed by atoms with Gasteiger partial charge in [0, 0.05) is 11.1 Å². The van der Waals surface area contributed by atoms with E-state index in [-0.39, 0.29) is 11.3 Å². The summed E-state index contributed by atoms with van der Waals surface area (Å²) >= 11 is 1.24. The second kappa shape index (κ2) is 12.1. The van der Waals surface area contributed by atoms with Crippen LogP contribution in [0, 0.1) is 5.92 Å². The first-order chi connectivity index (χ1) is 19.0. The molecule has 0 saturated carbocycles. The molecule has 1 aromatic heterocycles. The highest BCUT2D eigenvalue weighted by Crippen LogP contribution is 2.38. The zero-order valence-electron chi connectivity index (χ0n) is 22.2. The first-order valence-electron chi connectivity index (χ1n) is 12.3. The van der Waals surface area contributed by atoms with Gasteiger partial charge in [0.2, 0.25) is 5.91 Å². The summed E-state index contributed by atoms with van der Waals surface area (Å²) in [6.45, 7) is 5.24. The van der Waals surface area contributed by atoms with Crippen LogP contribution in [-0.4, -0.2) is 30.9 Å². The van der Waals surface area contributed by atoms with Crippen molar-refractivity contribution < 1.29 is 27.0 Å². The predicted octanol–water partition coefficient (Wildman–Crippen LogP) is 5.20. The number of rotatable bonds is 9. The minimum absolute atomic E-state index is 0.129. The van der Waals surface area contributed by atoms with Gasteiger partial charge in [-0.15, -0.1) is 0 Å². The molecular weight excluding hydrogens is 550 g/mol. The number of carbonyl (C=O) groups excluding carboxylic acids is 2. The summed E-state index contributed by atoms with van der Waals surface area (Å²) in [6, 6.07) is 24.4. The van der Waals surface area contributed by atoms with E-state index in [0.717, 1.165) is 11.1 Å². The third-order valence-electron chi connectivity index (χ3n) is 5.72. The van der Waals surface area contributed by atoms with Crippen LogP contribution in [0.25, 0.3) is 21.8 Å². The Hall–Kier alpha value is -3.90. The number of carbonyl (C=O) groups is 2. The average molecular weight is 580 g/mol. The Balaban J connectivity index is 1.72. The van der Waals surface area contributed by atoms with Crippen LogP contribution in [0.3, 0.4) is 0 Å². The zero-order valence-corrected chi connectivity index (χ0v) is 23.8. The number of hydrogen-bond acceptors (Lipinski definition) is 9. The van der Waals surface area contributed by atoms with Crippen LogP contribution in [0.4, 0.5) is 5.00 Å². The van der Waals surface area contributed by atoms with Gasteiger partial charge < -0.3 is 10.1 Å². The number of nitrogens with zero attached hydrogens (tertiary/aromatic N) is 1. The molecule has 0 saturated heterocycles. The number of hydrogen-bond donors (Lipinski definition) is 2. The Labute approximate surface area is 237 Å². The number of thiazole rings is 1. The third kappa shape index (κ3) is 7.19. The minimum atomic E-state index is -4.09. The first-order valence-corrected chi connectivity index (χ1v) is 14.6. The number of esters is 1. The zero-order chi connectivity index (χ0) is 28.9. The van der Waals surface area contributed by atoms with Crippen molar-refractivity contribution >= 4 is 38.3 Å². The second-order valence-corrected chi connectivity index (χ2v) is 12.5. The van der Waals surface area contributed by atoms with Gasteiger partial charge >= 0.3 is 16.1 Å². The van der Waals surface area contributed by atoms with E-state index in [1.165, 1.54) is 23.5 Å². The topological polar surface area (TPSA) is 138 Å². The molecule has 0 bridgehead atoms. The van der Waals surface area contributed by atoms with Crippen molar-refractivity contribution in [2.45, 2.75) is 37.7 Å². The predicted molar refractivity (Wildman–Crippen MR) is 154 cm³/mol. The quantitative estimate of drug-likeness (QED) is 0.157. The lowest BCUT2D eigenvalue weighted by atomic mass is 9.98. The molecule has 0 unspecified atom stereocenters. The van der Waals surface area contributed by atoms with E-state index in [9.17, 15) is 18.0 Å². The third-order valence-corrected chi connectivity index (χ3v) is 7.84. The fourth-order valence-electron chi connectivity index (χ4n) is 3.84. The first kappa shape index (κ1) is 29.1. The van der Waals surface area contributed by atoms with Gasteiger partial charge in [0.1, 0.15) is 27.2 Å². The van der Waals surface area contributed by atoms with Crippen molar-refractivity contribution in [2.75, 3.05) is 5.32 Å². The Morgan fingerprint density at radius 3 is 2.10 bits per heavy atom. The van der Waals surface area contributed by atoms with Crippen molar-refractivity contribution in [3.8, 4) is 21.8 Å². The van der Waals surface area contributed by atoms with E-state index >= 15 is 0 Å². The number of benzene rings is 3. The van der Waals surface area contributed by atoms with Gasteiger partial charge in [-0.1, -0.05) is 84.1 Å². The molecule has 1 amide bonds. The van der Waals surface area contributed by atoms with Gasteiger partial charge in [0.25, 0.3) is 0 Å². The minimum Gasteiger partial charge on any atom is -0.459 e. The standard InChI is InChI=1S/C29H29N3O6S2/c1-29(2,3)37-28(34)23(18-19-10-6-4-7-11-19)25(33)32-27-24(31-26(39-27)21-12-8-5-9-13-21)20-14-16-22(17-15-20)40(35,36)38-30/h4-17,23H,18,30H2,1-3H3,(H,32,33)/t23-/m0/s1. The summed E-state index contributed by atoms with van der Waals surface area (Å²) in [7, 11) is -4.09. The molecule has 1 heterocycles. The monoisotopic (exact) mass is 579 g/mol. The van der Waals surface area contributed by atoms with Gasteiger partial charge in [0.15, 0.2) is 0 Å². The largest absolute Gasteiger partial charge is 0.459 e. The summed E-state index contributed by atoms with van der Waals surface area (Å²) < 4.78 is 33.6. The van der Waals surface area contributed by atoms with Crippen LogP contribution >= 0.6 is 11.3 Å². The molecule has 0 fully saturated rings. The van der Waals surface area contributed by atoms with E-state index in [0.29, 0.717) is 21.3 Å². The molecule has 11 heteroatoms. The second-order valence-electron chi connectivity index (χ2n) is 9.90. The Morgan fingerprint density at radius 1 is 0.925 bits per heavy atom. The summed E-state index contributed by atoms with van der Waals surface area (Å²) in [6.07, 6.45) is 0.146. The van der Waals surface area contributed by atoms with Crippen molar-refractivity contribution in [1.82, 2.24) is 4.98 Å². The van der Waals surface area contributed by atoms with Crippen molar-refractivity contribution in [3.05, 3.63) is 90.5 Å². The Bertz CT molecular complexity index is 1580. The van der Waals surface area contributed by atoms with E-state index in [1.54, 1.807) is 32.9 Å². The maximum atomic E-state index is 13.7. The van der Waals surface area contributed by atoms with Crippen molar-refractivity contribution in [2.24, 2.45) is 11.8 Å². The van der Waals surface area contributed by atoms with Crippen LogP contribution < -0.4 is 11.2 Å². The number of anilines is 1. The molecule has 0 aliphatic heterocycles. The van der Waals surface area contributed by atoms with Crippen LogP contribution in [-0.2, 0) is 35.1 Å². The lowest BCUT2D eigenvalue weighted by Crippen LogP contribution is -2.36. The lowest BCUT2D eigenvalue weighted by molar-refractivity contribution is -0.161. The molecular formula is C29H29N3O6S2. The molecule has 208 valence electrons. The van der Waals surface area contributed by atoms with E-state index in [2.05, 4.69) is 9.60 Å². The van der Waals surface area contributed by atoms with Crippen molar-refractivity contribution in [3.63, 3.8) is 0 Å². The molecule has 40 heavy (non-hydrogen) atoms. The summed E-state index contributed by atoms with van der Waals surface area (Å²) in [5, 5.41) is 3.92. The van der Waals surface area contributed by atoms with Crippen LogP contribution in [0.2, 0.25) is 0 Å². The molecule has 9 nitrogen and oxygen atoms in total. The molecule has 0 aliphatic rings. The Kier molecular flexibility index (Phi) is 8.79. The van der Waals surface area contributed by atoms with Crippen LogP contribution in [0.15, 0.2) is 89.8 Å². The molecule has 4 rings (SSSR count). The summed E-state index contributed by atoms with van der Waals surface area (Å²) in [5.74, 6) is 2.59. The molecule has 0 radical (unpaired) electrons. The number of aromatic nitrogens is 1. The molecule has 3 aromatic carbocycles. The highest BCUT2D eigenvalue weighted by Gasteiger charge is 2.33. The fourth-order valence-corrected chi connectivity index (χ4v) is 5.42. The van der Waals surface area contributed by atoms with E-state index in [4.69, 9.17) is 15.6 Å². The van der Waals surface area contributed by atoms with E-state index < -0.39 is 33.5 Å². The number of ether oxygens (including phenoxy) is 1. The van der Waals surface area contributed by atoms with Crippen LogP contribution in [0.5, 0.6) is 0 Å². The normalized spacial score (nSPS) is 12.5. The summed E-state index contributed by atoms with van der Waals surface area (Å²) in [5.41, 5.74) is 1.82. The average Bonchev–Trinajstić information content (AvgIpc) is 3.35. The van der Waals surface area contributed by atoms with E-state index in [1.807, 2.05) is 60.7 Å². The van der Waals surface area contributed by atoms with Gasteiger partial charge in [-0.3, -0.25) is 9.59 Å². The highest BCUT2D eigenvalue weighted by atomic mass is 32.2. The Morgan fingerprint density at radius 2 is 1.52 bits per heavy atom. The van der Waals surface area contributed by atoms with Gasteiger partial charge in [-0.05, 0) is 44.9 Å². The van der Waals surface area contributed by atoms with Gasteiger partial charge in [-0.25, -0.2) is 4.98 Å². The van der Waals surface area contributed by atoms with Gasteiger partial charge in [-0.2, -0.15) is 18.6 Å². The molecule has 1 atom stereocenters. The molecule has 4 aromatic rings. The number of nitrogens with two attached hydrogens (primary N) is 1. The molecule has 0 spiro atoms. The molecule has 0 aliphatic carbocycles. The maximum Gasteiger partial charge on any atom is 0.319 e. The smallest absolute Gasteiger partial charge is 0.319 e. The molecule has 3 N–H and O–H groups in total. The maximum absolute atomic E-state index is 13.7.